The minimum absolute atomic E-state index is 0.0587. The molecular weight excluding hydrogens is 504 g/mol. The van der Waals surface area contributed by atoms with Gasteiger partial charge in [-0.2, -0.15) is 4.98 Å². The summed E-state index contributed by atoms with van der Waals surface area (Å²) in [5, 5.41) is 6.45. The van der Waals surface area contributed by atoms with Crippen LogP contribution in [-0.2, 0) is 4.79 Å². The van der Waals surface area contributed by atoms with Crippen molar-refractivity contribution in [2.75, 3.05) is 35.8 Å². The molecule has 1 aliphatic carbocycles. The number of aromatic nitrogens is 2. The summed E-state index contributed by atoms with van der Waals surface area (Å²) >= 11 is 0. The molecule has 0 radical (unpaired) electrons. The molecule has 9 nitrogen and oxygen atoms in total. The van der Waals surface area contributed by atoms with Crippen LogP contribution in [0.1, 0.15) is 89.9 Å². The van der Waals surface area contributed by atoms with E-state index >= 15 is 0 Å². The molecule has 1 fully saturated rings. The van der Waals surface area contributed by atoms with E-state index in [1.54, 1.807) is 37.4 Å². The molecule has 2 atom stereocenters. The second-order valence-electron chi connectivity index (χ2n) is 12.0. The van der Waals surface area contributed by atoms with E-state index in [2.05, 4.69) is 41.3 Å². The molecule has 1 aromatic heterocycles. The maximum atomic E-state index is 13.3. The predicted octanol–water partition coefficient (Wildman–Crippen LogP) is 5.93. The van der Waals surface area contributed by atoms with Crippen molar-refractivity contribution >= 4 is 35.0 Å². The van der Waals surface area contributed by atoms with Gasteiger partial charge in [-0.25, -0.2) is 4.98 Å². The molecule has 1 aliphatic heterocycles. The minimum Gasteiger partial charge on any atom is -0.495 e. The van der Waals surface area contributed by atoms with E-state index in [-0.39, 0.29) is 17.9 Å². The van der Waals surface area contributed by atoms with E-state index in [1.807, 2.05) is 19.9 Å². The Kier molecular flexibility index (Phi) is 9.21. The molecule has 1 aromatic carbocycles. The highest BCUT2D eigenvalue weighted by molar-refractivity contribution is 6.01. The third-order valence-corrected chi connectivity index (χ3v) is 8.56. The topological polar surface area (TPSA) is 99.7 Å². The van der Waals surface area contributed by atoms with E-state index in [1.165, 1.54) is 12.8 Å². The van der Waals surface area contributed by atoms with Crippen molar-refractivity contribution in [3.63, 3.8) is 0 Å². The van der Waals surface area contributed by atoms with Gasteiger partial charge in [0.15, 0.2) is 5.82 Å². The zero-order valence-corrected chi connectivity index (χ0v) is 25.2. The SMILES string of the molecule is CCCC(CC)C(C)NC(=O)c1ccc(Nc2ncc3c(n2)N(C2CCCC2)CC(C)(C)C(=O)N3C)c(OC)c1. The van der Waals surface area contributed by atoms with Crippen LogP contribution in [0.5, 0.6) is 5.75 Å². The van der Waals surface area contributed by atoms with E-state index in [4.69, 9.17) is 9.72 Å². The number of carbonyl (C=O) groups is 2. The fourth-order valence-corrected chi connectivity index (χ4v) is 6.17. The lowest BCUT2D eigenvalue weighted by Crippen LogP contribution is -2.45. The van der Waals surface area contributed by atoms with Crippen molar-refractivity contribution in [3.8, 4) is 5.75 Å². The minimum atomic E-state index is -0.545. The van der Waals surface area contributed by atoms with E-state index in [9.17, 15) is 9.59 Å². The van der Waals surface area contributed by atoms with Gasteiger partial charge in [-0.1, -0.05) is 39.5 Å². The van der Waals surface area contributed by atoms with Crippen LogP contribution in [0.3, 0.4) is 0 Å². The fourth-order valence-electron chi connectivity index (χ4n) is 6.17. The Morgan fingerprint density at radius 1 is 1.23 bits per heavy atom. The number of nitrogens with one attached hydrogen (secondary N) is 2. The summed E-state index contributed by atoms with van der Waals surface area (Å²) in [4.78, 5) is 39.8. The summed E-state index contributed by atoms with van der Waals surface area (Å²) in [5.74, 6) is 2.11. The Balaban J connectivity index is 1.59. The number of amides is 2. The highest BCUT2D eigenvalue weighted by Crippen LogP contribution is 2.40. The largest absolute Gasteiger partial charge is 0.495 e. The number of hydrogen-bond acceptors (Lipinski definition) is 7. The van der Waals surface area contributed by atoms with Crippen LogP contribution < -0.4 is 25.2 Å². The van der Waals surface area contributed by atoms with E-state index < -0.39 is 5.41 Å². The normalized spacial score (nSPS) is 18.6. The van der Waals surface area contributed by atoms with Crippen LogP contribution in [0.2, 0.25) is 0 Å². The molecular formula is C31H46N6O3. The molecule has 2 amide bonds. The van der Waals surface area contributed by atoms with Crippen molar-refractivity contribution in [1.29, 1.82) is 0 Å². The average molecular weight is 551 g/mol. The Morgan fingerprint density at radius 3 is 2.60 bits per heavy atom. The molecule has 2 heterocycles. The summed E-state index contributed by atoms with van der Waals surface area (Å²) in [6, 6.07) is 5.79. The zero-order chi connectivity index (χ0) is 29.0. The number of carbonyl (C=O) groups excluding carboxylic acids is 2. The van der Waals surface area contributed by atoms with Gasteiger partial charge in [-0.3, -0.25) is 9.59 Å². The van der Waals surface area contributed by atoms with Crippen LogP contribution in [-0.4, -0.2) is 54.6 Å². The lowest BCUT2D eigenvalue weighted by molar-refractivity contribution is -0.125. The predicted molar refractivity (Wildman–Crippen MR) is 161 cm³/mol. The van der Waals surface area contributed by atoms with E-state index in [0.29, 0.717) is 41.5 Å². The Hall–Kier alpha value is -3.36. The van der Waals surface area contributed by atoms with E-state index in [0.717, 1.165) is 43.6 Å². The molecule has 0 spiro atoms. The molecule has 9 heteroatoms. The number of anilines is 4. The standard InChI is InChI=1S/C31H46N6O3/c1-8-12-21(9-2)20(3)33-28(38)22-15-16-24(26(17-22)40-7)34-30-32-18-25-27(35-30)37(23-13-10-11-14-23)19-31(4,5)29(39)36(25)6/h15-18,20-21,23H,8-14,19H2,1-7H3,(H,33,38)(H,32,34,35). The number of nitrogens with zero attached hydrogens (tertiary/aromatic N) is 4. The van der Waals surface area contributed by atoms with Crippen LogP contribution >= 0.6 is 0 Å². The maximum absolute atomic E-state index is 13.3. The van der Waals surface area contributed by atoms with Gasteiger partial charge in [-0.15, -0.1) is 0 Å². The van der Waals surface area contributed by atoms with Gasteiger partial charge in [0.25, 0.3) is 5.91 Å². The summed E-state index contributed by atoms with van der Waals surface area (Å²) in [6.07, 6.45) is 9.49. The van der Waals surface area contributed by atoms with Crippen LogP contribution in [0.15, 0.2) is 24.4 Å². The number of ether oxygens (including phenoxy) is 1. The molecule has 40 heavy (non-hydrogen) atoms. The molecule has 2 unspecified atom stereocenters. The molecule has 1 saturated carbocycles. The summed E-state index contributed by atoms with van der Waals surface area (Å²) < 4.78 is 5.65. The molecule has 2 N–H and O–H groups in total. The lowest BCUT2D eigenvalue weighted by Gasteiger charge is -2.34. The Labute approximate surface area is 239 Å². The first-order chi connectivity index (χ1) is 19.1. The number of benzene rings is 1. The average Bonchev–Trinajstić information content (AvgIpc) is 3.46. The van der Waals surface area contributed by atoms with Gasteiger partial charge >= 0.3 is 0 Å². The van der Waals surface area contributed by atoms with Crippen LogP contribution in [0.25, 0.3) is 0 Å². The van der Waals surface area contributed by atoms with Gasteiger partial charge in [0.2, 0.25) is 11.9 Å². The van der Waals surface area contributed by atoms with Gasteiger partial charge in [0.05, 0.1) is 24.4 Å². The first-order valence-corrected chi connectivity index (χ1v) is 14.8. The maximum Gasteiger partial charge on any atom is 0.251 e. The molecule has 0 saturated heterocycles. The van der Waals surface area contributed by atoms with Crippen molar-refractivity contribution in [2.45, 2.75) is 91.6 Å². The summed E-state index contributed by atoms with van der Waals surface area (Å²) in [5.41, 5.74) is 1.37. The summed E-state index contributed by atoms with van der Waals surface area (Å²) in [7, 11) is 3.39. The van der Waals surface area contributed by atoms with Gasteiger partial charge in [-0.05, 0) is 64.2 Å². The highest BCUT2D eigenvalue weighted by Gasteiger charge is 2.41. The second kappa shape index (κ2) is 12.4. The Morgan fingerprint density at radius 2 is 1.95 bits per heavy atom. The summed E-state index contributed by atoms with van der Waals surface area (Å²) in [6.45, 7) is 11.0. The third kappa shape index (κ3) is 6.18. The quantitative estimate of drug-likeness (QED) is 0.378. The van der Waals surface area contributed by atoms with Crippen molar-refractivity contribution in [2.24, 2.45) is 11.3 Å². The van der Waals surface area contributed by atoms with Crippen molar-refractivity contribution in [3.05, 3.63) is 30.0 Å². The zero-order valence-electron chi connectivity index (χ0n) is 25.2. The fraction of sp³-hybridized carbons (Fsp3) is 0.613. The van der Waals surface area contributed by atoms with Gasteiger partial charge < -0.3 is 25.2 Å². The molecule has 2 aromatic rings. The highest BCUT2D eigenvalue weighted by atomic mass is 16.5. The first-order valence-electron chi connectivity index (χ1n) is 14.8. The van der Waals surface area contributed by atoms with Gasteiger partial charge in [0, 0.05) is 31.2 Å². The molecule has 4 rings (SSSR count). The van der Waals surface area contributed by atoms with Crippen LogP contribution in [0, 0.1) is 11.3 Å². The lowest BCUT2D eigenvalue weighted by atomic mass is 9.91. The second-order valence-corrected chi connectivity index (χ2v) is 12.0. The monoisotopic (exact) mass is 550 g/mol. The van der Waals surface area contributed by atoms with Crippen molar-refractivity contribution in [1.82, 2.24) is 15.3 Å². The number of methoxy groups -OCH3 is 1. The molecule has 0 bridgehead atoms. The first kappa shape index (κ1) is 29.6. The van der Waals surface area contributed by atoms with Gasteiger partial charge in [0.1, 0.15) is 11.4 Å². The molecule has 218 valence electrons. The van der Waals surface area contributed by atoms with Crippen LogP contribution in [0.4, 0.5) is 23.1 Å². The third-order valence-electron chi connectivity index (χ3n) is 8.56. The molecule has 2 aliphatic rings. The number of fused-ring (bicyclic) bond motifs is 1. The van der Waals surface area contributed by atoms with Crippen molar-refractivity contribution < 1.29 is 14.3 Å². The smallest absolute Gasteiger partial charge is 0.251 e. The number of rotatable bonds is 10. The number of hydrogen-bond donors (Lipinski definition) is 2. The Bertz CT molecular complexity index is 1210.